The summed E-state index contributed by atoms with van der Waals surface area (Å²) in [5.41, 5.74) is 0. The number of aliphatic imine (C=N–C) groups is 1. The summed E-state index contributed by atoms with van der Waals surface area (Å²) >= 11 is 1.68. The second-order valence-corrected chi connectivity index (χ2v) is 5.36. The van der Waals surface area contributed by atoms with Crippen LogP contribution in [-0.4, -0.2) is 37.2 Å². The van der Waals surface area contributed by atoms with Crippen LogP contribution in [0.25, 0.3) is 0 Å². The Hall–Kier alpha value is -1.14. The maximum atomic E-state index is 5.10. The Morgan fingerprint density at radius 2 is 2.39 bits per heavy atom. The van der Waals surface area contributed by atoms with Crippen molar-refractivity contribution in [1.29, 1.82) is 0 Å². The van der Waals surface area contributed by atoms with Gasteiger partial charge in [-0.2, -0.15) is 0 Å². The van der Waals surface area contributed by atoms with E-state index in [4.69, 9.17) is 4.74 Å². The Bertz CT molecular complexity index is 378. The number of hydrogen-bond acceptors (Lipinski definition) is 4. The standard InChI is InChI=1S/C12H22N4OS/c1-5-13-12(16-9(2)8-17-4)15-7-11-6-14-10(3)18-11/h6,9H,5,7-8H2,1-4H3,(H2,13,15,16). The third-order valence-electron chi connectivity index (χ3n) is 2.21. The number of methoxy groups -OCH3 is 1. The highest BCUT2D eigenvalue weighted by Gasteiger charge is 2.04. The lowest BCUT2D eigenvalue weighted by Crippen LogP contribution is -2.43. The fourth-order valence-corrected chi connectivity index (χ4v) is 2.20. The molecule has 1 aromatic rings. The van der Waals surface area contributed by atoms with Gasteiger partial charge in [-0.15, -0.1) is 11.3 Å². The molecule has 0 fully saturated rings. The van der Waals surface area contributed by atoms with Crippen LogP contribution in [0.4, 0.5) is 0 Å². The van der Waals surface area contributed by atoms with Crippen LogP contribution >= 0.6 is 11.3 Å². The second-order valence-electron chi connectivity index (χ2n) is 4.04. The average Bonchev–Trinajstić information content (AvgIpc) is 2.73. The van der Waals surface area contributed by atoms with Crippen molar-refractivity contribution in [2.45, 2.75) is 33.4 Å². The summed E-state index contributed by atoms with van der Waals surface area (Å²) in [4.78, 5) is 9.92. The van der Waals surface area contributed by atoms with Crippen molar-refractivity contribution in [2.24, 2.45) is 4.99 Å². The Morgan fingerprint density at radius 3 is 2.94 bits per heavy atom. The third kappa shape index (κ3) is 5.46. The fourth-order valence-electron chi connectivity index (χ4n) is 1.48. The van der Waals surface area contributed by atoms with Crippen molar-refractivity contribution >= 4 is 17.3 Å². The molecule has 0 saturated heterocycles. The van der Waals surface area contributed by atoms with E-state index in [2.05, 4.69) is 34.5 Å². The molecule has 1 unspecified atom stereocenters. The van der Waals surface area contributed by atoms with Gasteiger partial charge < -0.3 is 15.4 Å². The maximum absolute atomic E-state index is 5.10. The van der Waals surface area contributed by atoms with Crippen LogP contribution < -0.4 is 10.6 Å². The topological polar surface area (TPSA) is 58.5 Å². The number of aryl methyl sites for hydroxylation is 1. The highest BCUT2D eigenvalue weighted by atomic mass is 32.1. The van der Waals surface area contributed by atoms with Gasteiger partial charge in [-0.25, -0.2) is 9.98 Å². The summed E-state index contributed by atoms with van der Waals surface area (Å²) < 4.78 is 5.10. The lowest BCUT2D eigenvalue weighted by Gasteiger charge is -2.16. The summed E-state index contributed by atoms with van der Waals surface area (Å²) in [6.07, 6.45) is 1.88. The number of guanidine groups is 1. The first-order chi connectivity index (χ1) is 8.65. The lowest BCUT2D eigenvalue weighted by atomic mass is 10.4. The molecular formula is C12H22N4OS. The molecular weight excluding hydrogens is 248 g/mol. The summed E-state index contributed by atoms with van der Waals surface area (Å²) in [6.45, 7) is 8.27. The molecule has 0 spiro atoms. The predicted molar refractivity (Wildman–Crippen MR) is 76.1 cm³/mol. The molecule has 6 heteroatoms. The number of aromatic nitrogens is 1. The molecule has 0 aliphatic rings. The summed E-state index contributed by atoms with van der Waals surface area (Å²) in [5, 5.41) is 7.59. The zero-order chi connectivity index (χ0) is 13.4. The Kier molecular flexibility index (Phi) is 6.67. The largest absolute Gasteiger partial charge is 0.383 e. The molecule has 0 radical (unpaired) electrons. The van der Waals surface area contributed by atoms with Crippen LogP contribution in [0.5, 0.6) is 0 Å². The van der Waals surface area contributed by atoms with E-state index in [0.717, 1.165) is 17.5 Å². The molecule has 0 aliphatic carbocycles. The Morgan fingerprint density at radius 1 is 1.61 bits per heavy atom. The smallest absolute Gasteiger partial charge is 0.191 e. The van der Waals surface area contributed by atoms with Gasteiger partial charge in [0.2, 0.25) is 0 Å². The molecule has 2 N–H and O–H groups in total. The fraction of sp³-hybridized carbons (Fsp3) is 0.667. The first kappa shape index (κ1) is 14.9. The first-order valence-corrected chi connectivity index (χ1v) is 6.92. The molecule has 0 aliphatic heterocycles. The maximum Gasteiger partial charge on any atom is 0.191 e. The Balaban J connectivity index is 2.54. The van der Waals surface area contributed by atoms with Crippen molar-refractivity contribution in [3.63, 3.8) is 0 Å². The van der Waals surface area contributed by atoms with E-state index < -0.39 is 0 Å². The van der Waals surface area contributed by atoms with E-state index in [1.165, 1.54) is 4.88 Å². The van der Waals surface area contributed by atoms with E-state index in [-0.39, 0.29) is 6.04 Å². The van der Waals surface area contributed by atoms with Gasteiger partial charge in [0.25, 0.3) is 0 Å². The van der Waals surface area contributed by atoms with E-state index in [0.29, 0.717) is 13.2 Å². The van der Waals surface area contributed by atoms with Crippen LogP contribution in [0.2, 0.25) is 0 Å². The van der Waals surface area contributed by atoms with E-state index in [1.54, 1.807) is 18.4 Å². The van der Waals surface area contributed by atoms with Gasteiger partial charge in [0.15, 0.2) is 5.96 Å². The van der Waals surface area contributed by atoms with E-state index >= 15 is 0 Å². The second kappa shape index (κ2) is 8.05. The van der Waals surface area contributed by atoms with Gasteiger partial charge in [-0.05, 0) is 20.8 Å². The highest BCUT2D eigenvalue weighted by molar-refractivity contribution is 7.11. The molecule has 1 heterocycles. The van der Waals surface area contributed by atoms with E-state index in [9.17, 15) is 0 Å². The van der Waals surface area contributed by atoms with Crippen LogP contribution in [0, 0.1) is 6.92 Å². The number of ether oxygens (including phenoxy) is 1. The molecule has 0 amide bonds. The molecule has 102 valence electrons. The number of thiazole rings is 1. The van der Waals surface area contributed by atoms with E-state index in [1.807, 2.05) is 13.1 Å². The number of nitrogens with one attached hydrogen (secondary N) is 2. The van der Waals surface area contributed by atoms with Crippen molar-refractivity contribution in [3.05, 3.63) is 16.1 Å². The summed E-state index contributed by atoms with van der Waals surface area (Å²) in [5.74, 6) is 0.813. The number of nitrogens with zero attached hydrogens (tertiary/aromatic N) is 2. The van der Waals surface area contributed by atoms with Crippen molar-refractivity contribution in [1.82, 2.24) is 15.6 Å². The molecule has 1 rings (SSSR count). The molecule has 0 saturated carbocycles. The van der Waals surface area contributed by atoms with Crippen molar-refractivity contribution in [3.8, 4) is 0 Å². The molecule has 18 heavy (non-hydrogen) atoms. The van der Waals surface area contributed by atoms with Gasteiger partial charge in [-0.3, -0.25) is 0 Å². The van der Waals surface area contributed by atoms with Crippen LogP contribution in [0.15, 0.2) is 11.2 Å². The monoisotopic (exact) mass is 270 g/mol. The number of rotatable bonds is 6. The normalized spacial score (nSPS) is 13.4. The van der Waals surface area contributed by atoms with Crippen molar-refractivity contribution < 1.29 is 4.74 Å². The van der Waals surface area contributed by atoms with Gasteiger partial charge in [0.05, 0.1) is 18.2 Å². The lowest BCUT2D eigenvalue weighted by molar-refractivity contribution is 0.179. The minimum atomic E-state index is 0.232. The van der Waals surface area contributed by atoms with Gasteiger partial charge in [0.1, 0.15) is 0 Å². The summed E-state index contributed by atoms with van der Waals surface area (Å²) in [7, 11) is 1.70. The SMILES string of the molecule is CCNC(=NCc1cnc(C)s1)NC(C)COC. The quantitative estimate of drug-likeness (QED) is 0.608. The number of hydrogen-bond donors (Lipinski definition) is 2. The minimum Gasteiger partial charge on any atom is -0.383 e. The first-order valence-electron chi connectivity index (χ1n) is 6.10. The zero-order valence-corrected chi connectivity index (χ0v) is 12.3. The van der Waals surface area contributed by atoms with Crippen LogP contribution in [0.3, 0.4) is 0 Å². The highest BCUT2D eigenvalue weighted by Crippen LogP contribution is 2.12. The third-order valence-corrected chi connectivity index (χ3v) is 3.10. The van der Waals surface area contributed by atoms with Crippen molar-refractivity contribution in [2.75, 3.05) is 20.3 Å². The van der Waals surface area contributed by atoms with Crippen LogP contribution in [-0.2, 0) is 11.3 Å². The molecule has 1 atom stereocenters. The zero-order valence-electron chi connectivity index (χ0n) is 11.5. The van der Waals surface area contributed by atoms with Gasteiger partial charge >= 0.3 is 0 Å². The average molecular weight is 270 g/mol. The van der Waals surface area contributed by atoms with Gasteiger partial charge in [-0.1, -0.05) is 0 Å². The van der Waals surface area contributed by atoms with Crippen LogP contribution in [0.1, 0.15) is 23.7 Å². The summed E-state index contributed by atoms with van der Waals surface area (Å²) in [6, 6.07) is 0.232. The van der Waals surface area contributed by atoms with Gasteiger partial charge in [0, 0.05) is 30.8 Å². The predicted octanol–water partition coefficient (Wildman–Crippen LogP) is 1.54. The molecule has 5 nitrogen and oxygen atoms in total. The Labute approximate surface area is 113 Å². The molecule has 0 aromatic carbocycles. The molecule has 1 aromatic heterocycles. The minimum absolute atomic E-state index is 0.232. The molecule has 0 bridgehead atoms.